The summed E-state index contributed by atoms with van der Waals surface area (Å²) in [5.41, 5.74) is 4.18. The Kier molecular flexibility index (Phi) is 4.71. The van der Waals surface area contributed by atoms with Crippen LogP contribution >= 0.6 is 0 Å². The average molecular weight is 320 g/mol. The summed E-state index contributed by atoms with van der Waals surface area (Å²) in [5, 5.41) is 0. The second-order valence-electron chi connectivity index (χ2n) is 5.35. The van der Waals surface area contributed by atoms with Gasteiger partial charge in [0.2, 0.25) is 0 Å². The topological polar surface area (TPSA) is 27.7 Å². The molecule has 0 N–H and O–H groups in total. The molecule has 0 radical (unpaired) electrons. The average Bonchev–Trinajstić information content (AvgIpc) is 2.67. The second kappa shape index (κ2) is 7.09. The molecule has 3 nitrogen and oxygen atoms in total. The van der Waals surface area contributed by atoms with Crippen LogP contribution in [0.5, 0.6) is 17.2 Å². The van der Waals surface area contributed by atoms with E-state index in [0.717, 1.165) is 39.5 Å². The molecule has 0 spiro atoms. The zero-order chi connectivity index (χ0) is 16.9. The van der Waals surface area contributed by atoms with E-state index in [-0.39, 0.29) is 0 Å². The largest absolute Gasteiger partial charge is 0.497 e. The molecule has 0 saturated heterocycles. The molecule has 122 valence electrons. The molecular weight excluding hydrogens is 300 g/mol. The molecule has 0 aliphatic heterocycles. The summed E-state index contributed by atoms with van der Waals surface area (Å²) in [6.45, 7) is 0. The van der Waals surface area contributed by atoms with Crippen molar-refractivity contribution in [3.8, 4) is 39.5 Å². The molecule has 0 aliphatic rings. The molecule has 0 fully saturated rings. The zero-order valence-electron chi connectivity index (χ0n) is 14.1. The Morgan fingerprint density at radius 3 is 1.79 bits per heavy atom. The highest BCUT2D eigenvalue weighted by molar-refractivity contribution is 5.80. The predicted octanol–water partition coefficient (Wildman–Crippen LogP) is 5.05. The minimum absolute atomic E-state index is 0.794. The smallest absolute Gasteiger partial charge is 0.126 e. The first-order valence-corrected chi connectivity index (χ1v) is 7.72. The third kappa shape index (κ3) is 3.06. The Morgan fingerprint density at radius 2 is 1.17 bits per heavy atom. The fraction of sp³-hybridized carbons (Fsp3) is 0.143. The first-order valence-electron chi connectivity index (χ1n) is 7.72. The van der Waals surface area contributed by atoms with Crippen LogP contribution in [0.3, 0.4) is 0 Å². The minimum atomic E-state index is 0.794. The molecule has 0 aliphatic carbocycles. The van der Waals surface area contributed by atoms with E-state index < -0.39 is 0 Å². The highest BCUT2D eigenvalue weighted by Crippen LogP contribution is 2.38. The van der Waals surface area contributed by atoms with Crippen LogP contribution in [0.15, 0.2) is 66.7 Å². The number of hydrogen-bond donors (Lipinski definition) is 0. The maximum atomic E-state index is 5.54. The summed E-state index contributed by atoms with van der Waals surface area (Å²) < 4.78 is 16.4. The van der Waals surface area contributed by atoms with Gasteiger partial charge >= 0.3 is 0 Å². The standard InChI is InChI=1S/C21H20O3/c1-22-17-10-12-21(24-3)19(14-17)16-9-11-20(23-2)18(13-16)15-7-5-4-6-8-15/h4-14H,1-3H3. The molecule has 3 rings (SSSR count). The van der Waals surface area contributed by atoms with Gasteiger partial charge < -0.3 is 14.2 Å². The van der Waals surface area contributed by atoms with Crippen molar-refractivity contribution in [2.24, 2.45) is 0 Å². The number of rotatable bonds is 5. The van der Waals surface area contributed by atoms with Crippen molar-refractivity contribution in [1.29, 1.82) is 0 Å². The van der Waals surface area contributed by atoms with Crippen molar-refractivity contribution in [3.63, 3.8) is 0 Å². The lowest BCUT2D eigenvalue weighted by atomic mass is 9.97. The number of methoxy groups -OCH3 is 3. The van der Waals surface area contributed by atoms with Gasteiger partial charge in [-0.3, -0.25) is 0 Å². The van der Waals surface area contributed by atoms with E-state index in [2.05, 4.69) is 18.2 Å². The molecule has 0 bridgehead atoms. The number of ether oxygens (including phenoxy) is 3. The highest BCUT2D eigenvalue weighted by atomic mass is 16.5. The maximum absolute atomic E-state index is 5.54. The zero-order valence-corrected chi connectivity index (χ0v) is 14.1. The van der Waals surface area contributed by atoms with E-state index in [9.17, 15) is 0 Å². The third-order valence-corrected chi connectivity index (χ3v) is 4.00. The van der Waals surface area contributed by atoms with Crippen molar-refractivity contribution in [3.05, 3.63) is 66.7 Å². The fourth-order valence-electron chi connectivity index (χ4n) is 2.76. The van der Waals surface area contributed by atoms with Crippen LogP contribution in [0.4, 0.5) is 0 Å². The molecule has 3 aromatic carbocycles. The molecule has 24 heavy (non-hydrogen) atoms. The number of benzene rings is 3. The summed E-state index contributed by atoms with van der Waals surface area (Å²) in [6.07, 6.45) is 0. The highest BCUT2D eigenvalue weighted by Gasteiger charge is 2.12. The van der Waals surface area contributed by atoms with Gasteiger partial charge in [-0.25, -0.2) is 0 Å². The van der Waals surface area contributed by atoms with Gasteiger partial charge in [-0.1, -0.05) is 36.4 Å². The van der Waals surface area contributed by atoms with E-state index in [1.807, 2.05) is 48.5 Å². The van der Waals surface area contributed by atoms with Crippen LogP contribution < -0.4 is 14.2 Å². The van der Waals surface area contributed by atoms with Gasteiger partial charge in [0.05, 0.1) is 21.3 Å². The molecule has 3 heteroatoms. The fourth-order valence-corrected chi connectivity index (χ4v) is 2.76. The summed E-state index contributed by atoms with van der Waals surface area (Å²) in [7, 11) is 5.02. The van der Waals surface area contributed by atoms with Crippen LogP contribution in [-0.4, -0.2) is 21.3 Å². The molecule has 0 aromatic heterocycles. The monoisotopic (exact) mass is 320 g/mol. The lowest BCUT2D eigenvalue weighted by molar-refractivity contribution is 0.404. The minimum Gasteiger partial charge on any atom is -0.497 e. The van der Waals surface area contributed by atoms with Crippen LogP contribution in [0.1, 0.15) is 0 Å². The molecule has 3 aromatic rings. The third-order valence-electron chi connectivity index (χ3n) is 4.00. The second-order valence-corrected chi connectivity index (χ2v) is 5.35. The molecule has 0 heterocycles. The van der Waals surface area contributed by atoms with Gasteiger partial charge in [-0.05, 0) is 41.5 Å². The summed E-state index contributed by atoms with van der Waals surface area (Å²) in [4.78, 5) is 0. The lowest BCUT2D eigenvalue weighted by Gasteiger charge is -2.14. The Morgan fingerprint density at radius 1 is 0.542 bits per heavy atom. The van der Waals surface area contributed by atoms with Crippen LogP contribution in [0.2, 0.25) is 0 Å². The first kappa shape index (κ1) is 15.9. The van der Waals surface area contributed by atoms with Crippen molar-refractivity contribution in [2.75, 3.05) is 21.3 Å². The van der Waals surface area contributed by atoms with Gasteiger partial charge in [0, 0.05) is 11.1 Å². The quantitative estimate of drug-likeness (QED) is 0.658. The Labute approximate surface area is 142 Å². The van der Waals surface area contributed by atoms with E-state index in [0.29, 0.717) is 0 Å². The SMILES string of the molecule is COc1ccc(OC)c(-c2ccc(OC)c(-c3ccccc3)c2)c1. The van der Waals surface area contributed by atoms with Gasteiger partial charge in [-0.2, -0.15) is 0 Å². The van der Waals surface area contributed by atoms with Crippen molar-refractivity contribution in [2.45, 2.75) is 0 Å². The van der Waals surface area contributed by atoms with E-state index >= 15 is 0 Å². The predicted molar refractivity (Wildman–Crippen MR) is 97.0 cm³/mol. The number of hydrogen-bond acceptors (Lipinski definition) is 3. The Hall–Kier alpha value is -2.94. The normalized spacial score (nSPS) is 10.3. The summed E-state index contributed by atoms with van der Waals surface area (Å²) in [5.74, 6) is 2.44. The maximum Gasteiger partial charge on any atom is 0.126 e. The van der Waals surface area contributed by atoms with Crippen molar-refractivity contribution >= 4 is 0 Å². The molecule has 0 saturated carbocycles. The molecule has 0 unspecified atom stereocenters. The molecular formula is C21H20O3. The van der Waals surface area contributed by atoms with Crippen LogP contribution in [-0.2, 0) is 0 Å². The van der Waals surface area contributed by atoms with E-state index in [4.69, 9.17) is 14.2 Å². The summed E-state index contributed by atoms with van der Waals surface area (Å²) >= 11 is 0. The Bertz CT molecular complexity index is 826. The van der Waals surface area contributed by atoms with Crippen molar-refractivity contribution < 1.29 is 14.2 Å². The first-order chi connectivity index (χ1) is 11.8. The lowest BCUT2D eigenvalue weighted by Crippen LogP contribution is -1.92. The van der Waals surface area contributed by atoms with E-state index in [1.165, 1.54) is 0 Å². The Balaban J connectivity index is 2.17. The van der Waals surface area contributed by atoms with Crippen LogP contribution in [0, 0.1) is 0 Å². The summed E-state index contributed by atoms with van der Waals surface area (Å²) in [6, 6.07) is 22.1. The van der Waals surface area contributed by atoms with Gasteiger partial charge in [-0.15, -0.1) is 0 Å². The van der Waals surface area contributed by atoms with Gasteiger partial charge in [0.25, 0.3) is 0 Å². The molecule has 0 atom stereocenters. The van der Waals surface area contributed by atoms with Gasteiger partial charge in [0.15, 0.2) is 0 Å². The molecule has 0 amide bonds. The van der Waals surface area contributed by atoms with Gasteiger partial charge in [0.1, 0.15) is 17.2 Å². The van der Waals surface area contributed by atoms with Crippen molar-refractivity contribution in [1.82, 2.24) is 0 Å². The van der Waals surface area contributed by atoms with Crippen LogP contribution in [0.25, 0.3) is 22.3 Å². The van der Waals surface area contributed by atoms with E-state index in [1.54, 1.807) is 21.3 Å².